The molecule has 3 aromatic carbocycles. The van der Waals surface area contributed by atoms with Gasteiger partial charge >= 0.3 is 5.69 Å². The highest BCUT2D eigenvalue weighted by molar-refractivity contribution is 6.05. The lowest BCUT2D eigenvalue weighted by Crippen LogP contribution is -2.32. The molecule has 37 heavy (non-hydrogen) atoms. The molecule has 0 bridgehead atoms. The summed E-state index contributed by atoms with van der Waals surface area (Å²) in [6.07, 6.45) is 2.66. The molecule has 11 heteroatoms. The SMILES string of the molecule is COc1ccc(/C=C(\NC(=O)c2ccccc2)C(=O)NN=Cc2ccc(OC)c([N+](=O)[O-])c2)c(OC)c1. The summed E-state index contributed by atoms with van der Waals surface area (Å²) in [6.45, 7) is 0. The standard InChI is InChI=1S/C26H24N4O7/c1-35-20-11-10-19(24(15-20)37-3)14-21(28-25(31)18-7-5-4-6-8-18)26(32)29-27-16-17-9-12-23(36-2)22(13-17)30(33)34/h4-16H,1-3H3,(H,28,31)(H,29,32)/b21-14-,27-16?. The molecule has 0 atom stereocenters. The first kappa shape index (κ1) is 26.4. The van der Waals surface area contributed by atoms with Gasteiger partial charge in [0.15, 0.2) is 5.75 Å². The number of carbonyl (C=O) groups excluding carboxylic acids is 2. The topological polar surface area (TPSA) is 141 Å². The largest absolute Gasteiger partial charge is 0.497 e. The smallest absolute Gasteiger partial charge is 0.311 e. The minimum absolute atomic E-state index is 0.0912. The zero-order valence-corrected chi connectivity index (χ0v) is 20.3. The summed E-state index contributed by atoms with van der Waals surface area (Å²) in [6, 6.07) is 17.6. The summed E-state index contributed by atoms with van der Waals surface area (Å²) in [7, 11) is 4.30. The fraction of sp³-hybridized carbons (Fsp3) is 0.115. The molecule has 11 nitrogen and oxygen atoms in total. The number of methoxy groups -OCH3 is 3. The Morgan fingerprint density at radius 1 is 0.919 bits per heavy atom. The summed E-state index contributed by atoms with van der Waals surface area (Å²) in [5, 5.41) is 17.7. The molecule has 0 fully saturated rings. The van der Waals surface area contributed by atoms with Crippen molar-refractivity contribution < 1.29 is 28.7 Å². The van der Waals surface area contributed by atoms with Crippen molar-refractivity contribution in [3.05, 3.63) is 99.2 Å². The highest BCUT2D eigenvalue weighted by atomic mass is 16.6. The number of carbonyl (C=O) groups is 2. The number of nitro benzene ring substituents is 1. The average molecular weight is 504 g/mol. The number of benzene rings is 3. The van der Waals surface area contributed by atoms with E-state index in [1.807, 2.05) is 0 Å². The van der Waals surface area contributed by atoms with E-state index in [-0.39, 0.29) is 17.1 Å². The van der Waals surface area contributed by atoms with E-state index in [2.05, 4.69) is 15.8 Å². The van der Waals surface area contributed by atoms with E-state index < -0.39 is 16.7 Å². The summed E-state index contributed by atoms with van der Waals surface area (Å²) in [5.41, 5.74) is 3.15. The van der Waals surface area contributed by atoms with Gasteiger partial charge in [-0.1, -0.05) is 18.2 Å². The predicted molar refractivity (Wildman–Crippen MR) is 137 cm³/mol. The Kier molecular flexibility index (Phi) is 8.92. The van der Waals surface area contributed by atoms with E-state index in [4.69, 9.17) is 14.2 Å². The number of nitrogens with one attached hydrogen (secondary N) is 2. The summed E-state index contributed by atoms with van der Waals surface area (Å²) in [5.74, 6) is -0.196. The van der Waals surface area contributed by atoms with Crippen LogP contribution in [0.5, 0.6) is 17.2 Å². The van der Waals surface area contributed by atoms with E-state index in [0.29, 0.717) is 28.2 Å². The van der Waals surface area contributed by atoms with Crippen LogP contribution in [0.2, 0.25) is 0 Å². The number of nitrogens with zero attached hydrogens (tertiary/aromatic N) is 2. The van der Waals surface area contributed by atoms with Gasteiger partial charge in [-0.25, -0.2) is 5.43 Å². The van der Waals surface area contributed by atoms with Gasteiger partial charge in [-0.15, -0.1) is 0 Å². The number of rotatable bonds is 10. The quantitative estimate of drug-likeness (QED) is 0.186. The lowest BCUT2D eigenvalue weighted by Gasteiger charge is -2.11. The van der Waals surface area contributed by atoms with Gasteiger partial charge in [0, 0.05) is 28.8 Å². The fourth-order valence-electron chi connectivity index (χ4n) is 3.19. The molecular weight excluding hydrogens is 480 g/mol. The first-order valence-corrected chi connectivity index (χ1v) is 10.8. The van der Waals surface area contributed by atoms with Gasteiger partial charge in [-0.3, -0.25) is 19.7 Å². The lowest BCUT2D eigenvalue weighted by molar-refractivity contribution is -0.385. The number of ether oxygens (including phenoxy) is 3. The zero-order valence-electron chi connectivity index (χ0n) is 20.3. The van der Waals surface area contributed by atoms with Crippen LogP contribution >= 0.6 is 0 Å². The predicted octanol–water partition coefficient (Wildman–Crippen LogP) is 3.54. The van der Waals surface area contributed by atoms with Crippen molar-refractivity contribution in [3.8, 4) is 17.2 Å². The van der Waals surface area contributed by atoms with Crippen molar-refractivity contribution in [2.75, 3.05) is 21.3 Å². The highest BCUT2D eigenvalue weighted by Gasteiger charge is 2.17. The van der Waals surface area contributed by atoms with Gasteiger partial charge in [0.1, 0.15) is 17.2 Å². The van der Waals surface area contributed by atoms with Crippen molar-refractivity contribution in [2.45, 2.75) is 0 Å². The highest BCUT2D eigenvalue weighted by Crippen LogP contribution is 2.27. The molecule has 0 aliphatic heterocycles. The Labute approximate surface area is 212 Å². The third kappa shape index (κ3) is 6.92. The summed E-state index contributed by atoms with van der Waals surface area (Å²) < 4.78 is 15.6. The van der Waals surface area contributed by atoms with Crippen molar-refractivity contribution in [1.29, 1.82) is 0 Å². The maximum Gasteiger partial charge on any atom is 0.311 e. The molecule has 3 aromatic rings. The molecule has 0 aliphatic rings. The second-order valence-corrected chi connectivity index (χ2v) is 7.37. The van der Waals surface area contributed by atoms with Crippen LogP contribution in [0.15, 0.2) is 77.5 Å². The van der Waals surface area contributed by atoms with E-state index in [1.54, 1.807) is 48.5 Å². The molecule has 0 spiro atoms. The van der Waals surface area contributed by atoms with Gasteiger partial charge < -0.3 is 19.5 Å². The van der Waals surface area contributed by atoms with Crippen LogP contribution in [0.25, 0.3) is 6.08 Å². The van der Waals surface area contributed by atoms with Crippen LogP contribution in [0, 0.1) is 10.1 Å². The van der Waals surface area contributed by atoms with Crippen molar-refractivity contribution in [2.24, 2.45) is 5.10 Å². The molecule has 190 valence electrons. The van der Waals surface area contributed by atoms with E-state index >= 15 is 0 Å². The Balaban J connectivity index is 1.89. The minimum atomic E-state index is -0.735. The second-order valence-electron chi connectivity index (χ2n) is 7.37. The fourth-order valence-corrected chi connectivity index (χ4v) is 3.19. The first-order valence-electron chi connectivity index (χ1n) is 10.8. The number of amides is 2. The average Bonchev–Trinajstić information content (AvgIpc) is 2.92. The Morgan fingerprint density at radius 3 is 2.30 bits per heavy atom. The maximum absolute atomic E-state index is 13.0. The second kappa shape index (κ2) is 12.5. The monoisotopic (exact) mass is 504 g/mol. The van der Waals surface area contributed by atoms with E-state index in [0.717, 1.165) is 0 Å². The third-order valence-corrected chi connectivity index (χ3v) is 5.05. The van der Waals surface area contributed by atoms with Crippen molar-refractivity contribution in [1.82, 2.24) is 10.7 Å². The number of hydrogen-bond donors (Lipinski definition) is 2. The molecule has 0 saturated carbocycles. The third-order valence-electron chi connectivity index (χ3n) is 5.05. The lowest BCUT2D eigenvalue weighted by atomic mass is 10.1. The summed E-state index contributed by atoms with van der Waals surface area (Å²) >= 11 is 0. The molecular formula is C26H24N4O7. The van der Waals surface area contributed by atoms with E-state index in [9.17, 15) is 19.7 Å². The molecule has 2 N–H and O–H groups in total. The normalized spacial score (nSPS) is 11.1. The molecule has 3 rings (SSSR count). The molecule has 0 saturated heterocycles. The van der Waals surface area contributed by atoms with Gasteiger partial charge in [-0.2, -0.15) is 5.10 Å². The van der Waals surface area contributed by atoms with Crippen LogP contribution < -0.4 is 25.0 Å². The van der Waals surface area contributed by atoms with Crippen LogP contribution in [-0.2, 0) is 4.79 Å². The van der Waals surface area contributed by atoms with Crippen LogP contribution in [0.3, 0.4) is 0 Å². The maximum atomic E-state index is 13.0. The van der Waals surface area contributed by atoms with Gasteiger partial charge in [0.05, 0.1) is 32.5 Å². The molecule has 0 aromatic heterocycles. The molecule has 2 amide bonds. The summed E-state index contributed by atoms with van der Waals surface area (Å²) in [4.78, 5) is 36.4. The number of hydrazone groups is 1. The zero-order chi connectivity index (χ0) is 26.8. The number of hydrogen-bond acceptors (Lipinski definition) is 8. The van der Waals surface area contributed by atoms with E-state index in [1.165, 1.54) is 51.8 Å². The Morgan fingerprint density at radius 2 is 1.65 bits per heavy atom. The Bertz CT molecular complexity index is 1350. The minimum Gasteiger partial charge on any atom is -0.497 e. The molecule has 0 aliphatic carbocycles. The van der Waals surface area contributed by atoms with Crippen molar-refractivity contribution >= 4 is 29.8 Å². The first-order chi connectivity index (χ1) is 17.9. The molecule has 0 radical (unpaired) electrons. The van der Waals surface area contributed by atoms with Crippen molar-refractivity contribution in [3.63, 3.8) is 0 Å². The number of nitro groups is 1. The van der Waals surface area contributed by atoms with Gasteiger partial charge in [0.25, 0.3) is 11.8 Å². The van der Waals surface area contributed by atoms with Crippen LogP contribution in [-0.4, -0.2) is 44.3 Å². The van der Waals surface area contributed by atoms with Gasteiger partial charge in [-0.05, 0) is 42.5 Å². The Hall–Kier alpha value is -5.19. The molecule has 0 heterocycles. The van der Waals surface area contributed by atoms with Gasteiger partial charge in [0.2, 0.25) is 0 Å². The van der Waals surface area contributed by atoms with Crippen LogP contribution in [0.1, 0.15) is 21.5 Å². The molecule has 0 unspecified atom stereocenters. The van der Waals surface area contributed by atoms with Crippen LogP contribution in [0.4, 0.5) is 5.69 Å².